The predicted molar refractivity (Wildman–Crippen MR) is 67.1 cm³/mol. The molecule has 2 atom stereocenters. The van der Waals surface area contributed by atoms with Crippen LogP contribution in [0.2, 0.25) is 0 Å². The molecule has 98 valence electrons. The van der Waals surface area contributed by atoms with Gasteiger partial charge in [-0.1, -0.05) is 0 Å². The van der Waals surface area contributed by atoms with E-state index in [0.717, 1.165) is 11.3 Å². The molecule has 0 bridgehead atoms. The third-order valence-electron chi connectivity index (χ3n) is 3.89. The summed E-state index contributed by atoms with van der Waals surface area (Å²) in [4.78, 5) is 36.0. The third-order valence-corrected chi connectivity index (χ3v) is 3.89. The van der Waals surface area contributed by atoms with Gasteiger partial charge in [-0.2, -0.15) is 0 Å². The number of Topliss-reactive ketones (excluding diaryl/α,β-unsaturated/α-hetero) is 1. The fourth-order valence-electron chi connectivity index (χ4n) is 2.60. The van der Waals surface area contributed by atoms with E-state index in [4.69, 9.17) is 5.11 Å². The topological polar surface area (TPSA) is 74.7 Å². The molecule has 19 heavy (non-hydrogen) atoms. The SMILES string of the molecule is CN1C(=O)Cc2cc(C(=O)C3CC3C(=O)O)ccc21. The highest BCUT2D eigenvalue weighted by atomic mass is 16.4. The van der Waals surface area contributed by atoms with Gasteiger partial charge in [0.2, 0.25) is 5.91 Å². The van der Waals surface area contributed by atoms with E-state index in [1.807, 2.05) is 0 Å². The minimum atomic E-state index is -0.908. The molecule has 1 N–H and O–H groups in total. The predicted octanol–water partition coefficient (Wildman–Crippen LogP) is 1.11. The average Bonchev–Trinajstić information content (AvgIpc) is 3.12. The summed E-state index contributed by atoms with van der Waals surface area (Å²) < 4.78 is 0. The van der Waals surface area contributed by atoms with Crippen molar-refractivity contribution in [3.05, 3.63) is 29.3 Å². The Kier molecular flexibility index (Phi) is 2.45. The van der Waals surface area contributed by atoms with Gasteiger partial charge in [-0.25, -0.2) is 0 Å². The van der Waals surface area contributed by atoms with Crippen molar-refractivity contribution >= 4 is 23.3 Å². The first-order valence-corrected chi connectivity index (χ1v) is 6.15. The number of carbonyl (C=O) groups excluding carboxylic acids is 2. The fourth-order valence-corrected chi connectivity index (χ4v) is 2.60. The van der Waals surface area contributed by atoms with Gasteiger partial charge >= 0.3 is 5.97 Å². The van der Waals surface area contributed by atoms with E-state index in [0.29, 0.717) is 18.4 Å². The largest absolute Gasteiger partial charge is 0.481 e. The quantitative estimate of drug-likeness (QED) is 0.825. The lowest BCUT2D eigenvalue weighted by molar-refractivity contribution is -0.138. The molecule has 2 unspecified atom stereocenters. The van der Waals surface area contributed by atoms with Crippen LogP contribution >= 0.6 is 0 Å². The monoisotopic (exact) mass is 259 g/mol. The number of hydrogen-bond acceptors (Lipinski definition) is 3. The molecule has 1 aromatic carbocycles. The standard InChI is InChI=1S/C14H13NO4/c1-15-11-3-2-7(4-8(11)5-12(15)16)13(17)9-6-10(9)14(18)19/h2-4,9-10H,5-6H2,1H3,(H,18,19). The lowest BCUT2D eigenvalue weighted by Crippen LogP contribution is -2.20. The molecule has 1 heterocycles. The second-order valence-corrected chi connectivity index (χ2v) is 5.12. The number of carboxylic acids is 1. The lowest BCUT2D eigenvalue weighted by atomic mass is 10.0. The maximum Gasteiger partial charge on any atom is 0.307 e. The van der Waals surface area contributed by atoms with Gasteiger partial charge in [-0.15, -0.1) is 0 Å². The number of benzene rings is 1. The zero-order valence-electron chi connectivity index (χ0n) is 10.4. The van der Waals surface area contributed by atoms with Crippen LogP contribution < -0.4 is 4.90 Å². The van der Waals surface area contributed by atoms with E-state index in [9.17, 15) is 14.4 Å². The molecule has 1 saturated carbocycles. The molecule has 1 amide bonds. The summed E-state index contributed by atoms with van der Waals surface area (Å²) in [5, 5.41) is 8.84. The van der Waals surface area contributed by atoms with E-state index in [1.165, 1.54) is 0 Å². The van der Waals surface area contributed by atoms with Crippen LogP contribution in [0.25, 0.3) is 0 Å². The number of amides is 1. The first-order valence-electron chi connectivity index (χ1n) is 6.15. The molecule has 2 aliphatic rings. The number of fused-ring (bicyclic) bond motifs is 1. The fraction of sp³-hybridized carbons (Fsp3) is 0.357. The minimum absolute atomic E-state index is 0.00873. The summed E-state index contributed by atoms with van der Waals surface area (Å²) in [6.07, 6.45) is 0.726. The van der Waals surface area contributed by atoms with Crippen molar-refractivity contribution in [1.29, 1.82) is 0 Å². The number of rotatable bonds is 3. The van der Waals surface area contributed by atoms with Gasteiger partial charge in [-0.05, 0) is 30.2 Å². The van der Waals surface area contributed by atoms with Crippen molar-refractivity contribution in [2.24, 2.45) is 11.8 Å². The van der Waals surface area contributed by atoms with Crippen LogP contribution in [0.4, 0.5) is 5.69 Å². The Bertz CT molecular complexity index is 607. The molecule has 5 nitrogen and oxygen atoms in total. The van der Waals surface area contributed by atoms with E-state index in [2.05, 4.69) is 0 Å². The van der Waals surface area contributed by atoms with E-state index >= 15 is 0 Å². The number of ketones is 1. The van der Waals surface area contributed by atoms with Gasteiger partial charge < -0.3 is 10.0 Å². The third kappa shape index (κ3) is 1.82. The Hall–Kier alpha value is -2.17. The van der Waals surface area contributed by atoms with Crippen molar-refractivity contribution in [3.8, 4) is 0 Å². The lowest BCUT2D eigenvalue weighted by Gasteiger charge is -2.10. The van der Waals surface area contributed by atoms with Crippen LogP contribution in [0.3, 0.4) is 0 Å². The Morgan fingerprint density at radius 1 is 1.32 bits per heavy atom. The number of carboxylic acid groups (broad SMARTS) is 1. The van der Waals surface area contributed by atoms with Crippen LogP contribution in [-0.4, -0.2) is 29.8 Å². The smallest absolute Gasteiger partial charge is 0.307 e. The number of carbonyl (C=O) groups is 3. The van der Waals surface area contributed by atoms with Crippen molar-refractivity contribution in [2.75, 3.05) is 11.9 Å². The first-order chi connectivity index (χ1) is 8.99. The summed E-state index contributed by atoms with van der Waals surface area (Å²) in [7, 11) is 1.71. The van der Waals surface area contributed by atoms with E-state index < -0.39 is 17.8 Å². The van der Waals surface area contributed by atoms with Gasteiger partial charge in [0.25, 0.3) is 0 Å². The molecule has 5 heteroatoms. The highest BCUT2D eigenvalue weighted by molar-refractivity contribution is 6.05. The van der Waals surface area contributed by atoms with E-state index in [1.54, 1.807) is 30.1 Å². The highest BCUT2D eigenvalue weighted by Gasteiger charge is 2.48. The van der Waals surface area contributed by atoms with Crippen LogP contribution in [0.1, 0.15) is 22.3 Å². The average molecular weight is 259 g/mol. The summed E-state index contributed by atoms with van der Waals surface area (Å²) in [5.74, 6) is -1.96. The maximum absolute atomic E-state index is 12.1. The number of anilines is 1. The molecule has 0 aromatic heterocycles. The second kappa shape index (κ2) is 3.91. The molecule has 1 aromatic rings. The number of aliphatic carboxylic acids is 1. The molecule has 0 saturated heterocycles. The van der Waals surface area contributed by atoms with Crippen LogP contribution in [0.5, 0.6) is 0 Å². The molecule has 1 aliphatic carbocycles. The molecule has 1 fully saturated rings. The number of nitrogens with zero attached hydrogens (tertiary/aromatic N) is 1. The van der Waals surface area contributed by atoms with Crippen LogP contribution in [-0.2, 0) is 16.0 Å². The Morgan fingerprint density at radius 3 is 2.68 bits per heavy atom. The molecule has 0 spiro atoms. The zero-order valence-corrected chi connectivity index (χ0v) is 10.4. The normalized spacial score (nSPS) is 24.3. The van der Waals surface area contributed by atoms with Crippen molar-refractivity contribution in [3.63, 3.8) is 0 Å². The molecule has 1 aliphatic heterocycles. The van der Waals surface area contributed by atoms with Gasteiger partial charge in [0.15, 0.2) is 5.78 Å². The van der Waals surface area contributed by atoms with Gasteiger partial charge in [0.1, 0.15) is 0 Å². The molecular formula is C14H13NO4. The second-order valence-electron chi connectivity index (χ2n) is 5.12. The van der Waals surface area contributed by atoms with E-state index in [-0.39, 0.29) is 11.7 Å². The Balaban J connectivity index is 1.85. The first kappa shape index (κ1) is 11.9. The van der Waals surface area contributed by atoms with Gasteiger partial charge in [-0.3, -0.25) is 14.4 Å². The molecule has 0 radical (unpaired) electrons. The zero-order chi connectivity index (χ0) is 13.7. The number of hydrogen-bond donors (Lipinski definition) is 1. The van der Waals surface area contributed by atoms with Crippen molar-refractivity contribution in [1.82, 2.24) is 0 Å². The summed E-state index contributed by atoms with van der Waals surface area (Å²) in [6, 6.07) is 5.15. The Labute approximate surface area is 109 Å². The van der Waals surface area contributed by atoms with Crippen LogP contribution in [0, 0.1) is 11.8 Å². The van der Waals surface area contributed by atoms with Crippen molar-refractivity contribution < 1.29 is 19.5 Å². The maximum atomic E-state index is 12.1. The number of likely N-dealkylation sites (N-methyl/N-ethyl adjacent to an activating group) is 1. The summed E-state index contributed by atoms with van der Waals surface area (Å²) in [5.41, 5.74) is 2.17. The van der Waals surface area contributed by atoms with Gasteiger partial charge in [0, 0.05) is 24.2 Å². The minimum Gasteiger partial charge on any atom is -0.481 e. The molecule has 3 rings (SSSR count). The summed E-state index contributed by atoms with van der Waals surface area (Å²) in [6.45, 7) is 0. The van der Waals surface area contributed by atoms with Crippen molar-refractivity contribution in [2.45, 2.75) is 12.8 Å². The highest BCUT2D eigenvalue weighted by Crippen LogP contribution is 2.41. The molecular weight excluding hydrogens is 246 g/mol. The van der Waals surface area contributed by atoms with Gasteiger partial charge in [0.05, 0.1) is 12.3 Å². The van der Waals surface area contributed by atoms with Crippen LogP contribution in [0.15, 0.2) is 18.2 Å². The summed E-state index contributed by atoms with van der Waals surface area (Å²) >= 11 is 0. The Morgan fingerprint density at radius 2 is 2.05 bits per heavy atom.